The summed E-state index contributed by atoms with van der Waals surface area (Å²) in [6.07, 6.45) is 1.82. The van der Waals surface area contributed by atoms with Crippen LogP contribution in [0.5, 0.6) is 5.75 Å². The number of thiophene rings is 1. The molecule has 0 aliphatic rings. The lowest BCUT2D eigenvalue weighted by Crippen LogP contribution is -2.23. The van der Waals surface area contributed by atoms with Crippen molar-refractivity contribution in [1.82, 2.24) is 15.1 Å². The van der Waals surface area contributed by atoms with Gasteiger partial charge in [0.25, 0.3) is 0 Å². The van der Waals surface area contributed by atoms with Gasteiger partial charge in [0.15, 0.2) is 0 Å². The fraction of sp³-hybridized carbons (Fsp3) is 0.417. The zero-order valence-corrected chi connectivity index (χ0v) is 13.0. The van der Waals surface area contributed by atoms with Crippen LogP contribution in [-0.2, 0) is 7.05 Å². The van der Waals surface area contributed by atoms with Crippen molar-refractivity contribution in [3.63, 3.8) is 0 Å². The van der Waals surface area contributed by atoms with Crippen LogP contribution >= 0.6 is 27.3 Å². The molecule has 2 aromatic heterocycles. The lowest BCUT2D eigenvalue weighted by molar-refractivity contribution is 0.416. The number of nitrogens with one attached hydrogen (secondary N) is 1. The SMILES string of the molecule is CCNC(c1cc(OC)cs1)c1c(Br)cnn1C. The number of hydrogen-bond donors (Lipinski definition) is 1. The van der Waals surface area contributed by atoms with Gasteiger partial charge in [-0.25, -0.2) is 0 Å². The van der Waals surface area contributed by atoms with Gasteiger partial charge in [-0.05, 0) is 28.5 Å². The molecule has 0 aliphatic heterocycles. The summed E-state index contributed by atoms with van der Waals surface area (Å²) >= 11 is 5.25. The van der Waals surface area contributed by atoms with Gasteiger partial charge in [0.05, 0.1) is 29.5 Å². The predicted octanol–water partition coefficient (Wildman–Crippen LogP) is 2.95. The summed E-state index contributed by atoms with van der Waals surface area (Å²) in [5.41, 5.74) is 1.13. The van der Waals surface area contributed by atoms with Gasteiger partial charge < -0.3 is 10.1 Å². The largest absolute Gasteiger partial charge is 0.496 e. The second-order valence-electron chi connectivity index (χ2n) is 3.88. The van der Waals surface area contributed by atoms with Gasteiger partial charge in [0.2, 0.25) is 0 Å². The molecule has 1 unspecified atom stereocenters. The highest BCUT2D eigenvalue weighted by Gasteiger charge is 2.21. The van der Waals surface area contributed by atoms with Crippen molar-refractivity contribution in [3.8, 4) is 5.75 Å². The van der Waals surface area contributed by atoms with Crippen LogP contribution in [0.1, 0.15) is 23.5 Å². The lowest BCUT2D eigenvalue weighted by atomic mass is 10.1. The average Bonchev–Trinajstić information content (AvgIpc) is 2.95. The summed E-state index contributed by atoms with van der Waals surface area (Å²) in [6.45, 7) is 2.99. The fourth-order valence-corrected chi connectivity index (χ4v) is 3.38. The molecule has 4 nitrogen and oxygen atoms in total. The van der Waals surface area contributed by atoms with E-state index in [-0.39, 0.29) is 6.04 Å². The van der Waals surface area contributed by atoms with Crippen LogP contribution in [0.15, 0.2) is 22.1 Å². The predicted molar refractivity (Wildman–Crippen MR) is 77.3 cm³/mol. The monoisotopic (exact) mass is 329 g/mol. The van der Waals surface area contributed by atoms with Crippen molar-refractivity contribution >= 4 is 27.3 Å². The van der Waals surface area contributed by atoms with Gasteiger partial charge in [-0.2, -0.15) is 5.10 Å². The molecule has 1 atom stereocenters. The maximum Gasteiger partial charge on any atom is 0.129 e. The van der Waals surface area contributed by atoms with Gasteiger partial charge in [-0.3, -0.25) is 4.68 Å². The van der Waals surface area contributed by atoms with E-state index in [1.165, 1.54) is 4.88 Å². The first-order chi connectivity index (χ1) is 8.67. The molecule has 0 aliphatic carbocycles. The van der Waals surface area contributed by atoms with Crippen molar-refractivity contribution < 1.29 is 4.74 Å². The molecule has 6 heteroatoms. The maximum atomic E-state index is 5.25. The Kier molecular flexibility index (Phi) is 4.42. The highest BCUT2D eigenvalue weighted by atomic mass is 79.9. The zero-order valence-electron chi connectivity index (χ0n) is 10.6. The molecular formula is C12H16BrN3OS. The Bertz CT molecular complexity index is 504. The summed E-state index contributed by atoms with van der Waals surface area (Å²) in [5, 5.41) is 9.78. The Morgan fingerprint density at radius 3 is 2.89 bits per heavy atom. The fourth-order valence-electron chi connectivity index (χ4n) is 1.87. The second-order valence-corrected chi connectivity index (χ2v) is 5.68. The summed E-state index contributed by atoms with van der Waals surface area (Å²) in [7, 11) is 3.64. The maximum absolute atomic E-state index is 5.25. The standard InChI is InChI=1S/C12H16BrN3OS/c1-4-14-11(10-5-8(17-3)7-18-10)12-9(13)6-15-16(12)2/h5-7,11,14H,4H2,1-3H3. The number of aromatic nitrogens is 2. The minimum Gasteiger partial charge on any atom is -0.496 e. The van der Waals surface area contributed by atoms with Crippen LogP contribution in [0.3, 0.4) is 0 Å². The van der Waals surface area contributed by atoms with E-state index < -0.39 is 0 Å². The van der Waals surface area contributed by atoms with Crippen molar-refractivity contribution in [2.75, 3.05) is 13.7 Å². The number of rotatable bonds is 5. The Morgan fingerprint density at radius 1 is 1.61 bits per heavy atom. The first-order valence-corrected chi connectivity index (χ1v) is 7.37. The van der Waals surface area contributed by atoms with Gasteiger partial charge in [-0.1, -0.05) is 6.92 Å². The molecule has 2 heterocycles. The summed E-state index contributed by atoms with van der Waals surface area (Å²) in [4.78, 5) is 1.22. The van der Waals surface area contributed by atoms with Crippen molar-refractivity contribution in [2.24, 2.45) is 7.05 Å². The number of ether oxygens (including phenoxy) is 1. The van der Waals surface area contributed by atoms with Crippen molar-refractivity contribution in [3.05, 3.63) is 32.7 Å². The first kappa shape index (κ1) is 13.6. The molecule has 0 radical (unpaired) electrons. The highest BCUT2D eigenvalue weighted by molar-refractivity contribution is 9.10. The minimum atomic E-state index is 0.130. The third-order valence-corrected chi connectivity index (χ3v) is 4.32. The van der Waals surface area contributed by atoms with Crippen LogP contribution in [-0.4, -0.2) is 23.4 Å². The number of aryl methyl sites for hydroxylation is 1. The Labute approximate surface area is 119 Å². The van der Waals surface area contributed by atoms with Crippen molar-refractivity contribution in [2.45, 2.75) is 13.0 Å². The normalized spacial score (nSPS) is 12.7. The zero-order chi connectivity index (χ0) is 13.1. The van der Waals surface area contributed by atoms with Crippen molar-refractivity contribution in [1.29, 1.82) is 0 Å². The molecule has 0 amide bonds. The van der Waals surface area contributed by atoms with Crippen LogP contribution in [0.25, 0.3) is 0 Å². The molecule has 1 N–H and O–H groups in total. The third kappa shape index (κ3) is 2.60. The smallest absolute Gasteiger partial charge is 0.129 e. The van der Waals surface area contributed by atoms with Gasteiger partial charge >= 0.3 is 0 Å². The molecule has 2 aromatic rings. The van der Waals surface area contributed by atoms with E-state index in [9.17, 15) is 0 Å². The van der Waals surface area contributed by atoms with E-state index in [0.29, 0.717) is 0 Å². The molecule has 0 fully saturated rings. The lowest BCUT2D eigenvalue weighted by Gasteiger charge is -2.17. The molecule has 0 aromatic carbocycles. The molecule has 0 spiro atoms. The Morgan fingerprint density at radius 2 is 2.39 bits per heavy atom. The topological polar surface area (TPSA) is 39.1 Å². The number of hydrogen-bond acceptors (Lipinski definition) is 4. The van der Waals surface area contributed by atoms with E-state index in [0.717, 1.165) is 22.5 Å². The van der Waals surface area contributed by atoms with Crippen LogP contribution in [0, 0.1) is 0 Å². The molecule has 18 heavy (non-hydrogen) atoms. The third-order valence-electron chi connectivity index (χ3n) is 2.74. The van der Waals surface area contributed by atoms with E-state index in [1.54, 1.807) is 18.4 Å². The van der Waals surface area contributed by atoms with Gasteiger partial charge in [0, 0.05) is 17.3 Å². The molecule has 2 rings (SSSR count). The molecule has 0 saturated heterocycles. The molecular weight excluding hydrogens is 314 g/mol. The summed E-state index contributed by atoms with van der Waals surface area (Å²) in [6, 6.07) is 2.20. The van der Waals surface area contributed by atoms with E-state index in [1.807, 2.05) is 23.3 Å². The van der Waals surface area contributed by atoms with Crippen LogP contribution in [0.4, 0.5) is 0 Å². The minimum absolute atomic E-state index is 0.130. The first-order valence-electron chi connectivity index (χ1n) is 5.70. The average molecular weight is 330 g/mol. The molecule has 0 bridgehead atoms. The van der Waals surface area contributed by atoms with E-state index in [2.05, 4.69) is 39.3 Å². The Balaban J connectivity index is 2.39. The second kappa shape index (κ2) is 5.86. The number of methoxy groups -OCH3 is 1. The van der Waals surface area contributed by atoms with Crippen LogP contribution in [0.2, 0.25) is 0 Å². The van der Waals surface area contributed by atoms with Gasteiger partial charge in [-0.15, -0.1) is 11.3 Å². The quantitative estimate of drug-likeness (QED) is 0.916. The van der Waals surface area contributed by atoms with Gasteiger partial charge in [0.1, 0.15) is 5.75 Å². The van der Waals surface area contributed by atoms with E-state index in [4.69, 9.17) is 4.74 Å². The molecule has 0 saturated carbocycles. The summed E-state index contributed by atoms with van der Waals surface area (Å²) < 4.78 is 8.16. The number of halogens is 1. The molecule has 98 valence electrons. The highest BCUT2D eigenvalue weighted by Crippen LogP contribution is 2.33. The van der Waals surface area contributed by atoms with Crippen LogP contribution < -0.4 is 10.1 Å². The number of nitrogens with zero attached hydrogens (tertiary/aromatic N) is 2. The van der Waals surface area contributed by atoms with E-state index >= 15 is 0 Å². The Hall–Kier alpha value is -0.850. The summed E-state index contributed by atoms with van der Waals surface area (Å²) in [5.74, 6) is 0.899.